The van der Waals surface area contributed by atoms with Crippen LogP contribution in [0.5, 0.6) is 11.6 Å². The van der Waals surface area contributed by atoms with Crippen LogP contribution in [0.2, 0.25) is 10.2 Å². The highest BCUT2D eigenvalue weighted by Gasteiger charge is 2.18. The van der Waals surface area contributed by atoms with E-state index in [1.807, 2.05) is 13.8 Å². The van der Waals surface area contributed by atoms with E-state index in [9.17, 15) is 10.1 Å². The van der Waals surface area contributed by atoms with Crippen molar-refractivity contribution in [2.24, 2.45) is 0 Å². The first-order valence-corrected chi connectivity index (χ1v) is 6.78. The number of nitro groups is 1. The molecule has 0 unspecified atom stereocenters. The lowest BCUT2D eigenvalue weighted by Gasteiger charge is -2.13. The molecule has 0 bridgehead atoms. The third-order valence-electron chi connectivity index (χ3n) is 2.71. The van der Waals surface area contributed by atoms with Gasteiger partial charge in [-0.15, -0.1) is 0 Å². The summed E-state index contributed by atoms with van der Waals surface area (Å²) in [5.41, 5.74) is 0.488. The van der Waals surface area contributed by atoms with Gasteiger partial charge in [-0.2, -0.15) is 0 Å². The van der Waals surface area contributed by atoms with Crippen LogP contribution in [0.3, 0.4) is 0 Å². The highest BCUT2D eigenvalue weighted by Crippen LogP contribution is 2.36. The molecule has 0 radical (unpaired) electrons. The van der Waals surface area contributed by atoms with Crippen LogP contribution in [0.1, 0.15) is 25.3 Å². The molecular weight excluding hydrogens is 317 g/mol. The summed E-state index contributed by atoms with van der Waals surface area (Å²) in [5.74, 6) is 0.390. The van der Waals surface area contributed by atoms with Gasteiger partial charge < -0.3 is 4.74 Å². The van der Waals surface area contributed by atoms with Crippen LogP contribution in [0.15, 0.2) is 24.5 Å². The van der Waals surface area contributed by atoms with Gasteiger partial charge in [0.15, 0.2) is 5.75 Å². The molecule has 110 valence electrons. The van der Waals surface area contributed by atoms with Gasteiger partial charge in [-0.05, 0) is 12.0 Å². The quantitative estimate of drug-likeness (QED) is 0.465. The summed E-state index contributed by atoms with van der Waals surface area (Å²) < 4.78 is 5.60. The molecule has 0 aliphatic heterocycles. The number of aromatic nitrogens is 2. The van der Waals surface area contributed by atoms with Crippen LogP contribution >= 0.6 is 23.2 Å². The van der Waals surface area contributed by atoms with Crippen molar-refractivity contribution in [2.45, 2.75) is 19.8 Å². The van der Waals surface area contributed by atoms with E-state index in [0.29, 0.717) is 5.56 Å². The molecular formula is C13H11Cl2N3O3. The third kappa shape index (κ3) is 3.40. The number of benzene rings is 1. The zero-order valence-corrected chi connectivity index (χ0v) is 12.7. The van der Waals surface area contributed by atoms with E-state index in [1.54, 1.807) is 0 Å². The van der Waals surface area contributed by atoms with E-state index in [-0.39, 0.29) is 33.4 Å². The molecule has 0 spiro atoms. The van der Waals surface area contributed by atoms with Gasteiger partial charge in [0.1, 0.15) is 11.5 Å². The minimum absolute atomic E-state index is 0.0196. The molecule has 0 aliphatic rings. The van der Waals surface area contributed by atoms with E-state index in [1.165, 1.54) is 24.5 Å². The predicted molar refractivity (Wildman–Crippen MR) is 79.3 cm³/mol. The molecule has 0 fully saturated rings. The molecule has 2 rings (SSSR count). The minimum Gasteiger partial charge on any atom is -0.437 e. The maximum Gasteiger partial charge on any atom is 0.273 e. The van der Waals surface area contributed by atoms with Crippen LogP contribution < -0.4 is 4.74 Å². The fraction of sp³-hybridized carbons (Fsp3) is 0.231. The number of nitro benzene ring substituents is 1. The largest absolute Gasteiger partial charge is 0.437 e. The second-order valence-corrected chi connectivity index (χ2v) is 5.28. The Labute approximate surface area is 130 Å². The zero-order chi connectivity index (χ0) is 15.6. The molecule has 1 aromatic heterocycles. The molecule has 0 N–H and O–H groups in total. The Balaban J connectivity index is 2.45. The Morgan fingerprint density at radius 1 is 1.29 bits per heavy atom. The van der Waals surface area contributed by atoms with Crippen LogP contribution in [-0.2, 0) is 0 Å². The van der Waals surface area contributed by atoms with Gasteiger partial charge in [0, 0.05) is 6.07 Å². The van der Waals surface area contributed by atoms with Crippen molar-refractivity contribution < 1.29 is 9.66 Å². The van der Waals surface area contributed by atoms with Crippen molar-refractivity contribution in [1.29, 1.82) is 0 Å². The zero-order valence-electron chi connectivity index (χ0n) is 11.2. The van der Waals surface area contributed by atoms with E-state index >= 15 is 0 Å². The Morgan fingerprint density at radius 3 is 2.62 bits per heavy atom. The smallest absolute Gasteiger partial charge is 0.273 e. The number of nitrogens with zero attached hydrogens (tertiary/aromatic N) is 3. The first-order valence-electron chi connectivity index (χ1n) is 6.02. The van der Waals surface area contributed by atoms with Crippen LogP contribution in [0, 0.1) is 10.1 Å². The van der Waals surface area contributed by atoms with Crippen LogP contribution in [-0.4, -0.2) is 14.9 Å². The van der Waals surface area contributed by atoms with Gasteiger partial charge in [-0.3, -0.25) is 10.1 Å². The summed E-state index contributed by atoms with van der Waals surface area (Å²) >= 11 is 12.0. The molecule has 0 saturated carbocycles. The molecule has 0 saturated heterocycles. The summed E-state index contributed by atoms with van der Waals surface area (Å²) in [6.07, 6.45) is 1.26. The fourth-order valence-corrected chi connectivity index (χ4v) is 2.21. The standard InChI is InChI=1S/C13H11Cl2N3O3/c1-7(2)11-12(15)16-6-17-13(11)21-10-5-8(18(19)20)3-4-9(10)14/h3-7H,1-2H3. The summed E-state index contributed by atoms with van der Waals surface area (Å²) in [6.45, 7) is 3.82. The van der Waals surface area contributed by atoms with Crippen molar-refractivity contribution in [2.75, 3.05) is 0 Å². The van der Waals surface area contributed by atoms with Gasteiger partial charge in [0.05, 0.1) is 21.6 Å². The lowest BCUT2D eigenvalue weighted by molar-refractivity contribution is -0.384. The second-order valence-electron chi connectivity index (χ2n) is 4.51. The van der Waals surface area contributed by atoms with E-state index in [4.69, 9.17) is 27.9 Å². The first kappa shape index (κ1) is 15.5. The summed E-state index contributed by atoms with van der Waals surface area (Å²) in [7, 11) is 0. The Bertz CT molecular complexity index is 692. The fourth-order valence-electron chi connectivity index (χ4n) is 1.71. The molecule has 0 aliphatic carbocycles. The Hall–Kier alpha value is -1.92. The summed E-state index contributed by atoms with van der Waals surface area (Å²) in [5, 5.41) is 11.3. The number of non-ortho nitro benzene ring substituents is 1. The Morgan fingerprint density at radius 2 is 2.00 bits per heavy atom. The number of halogens is 2. The summed E-state index contributed by atoms with van der Waals surface area (Å²) in [4.78, 5) is 18.2. The van der Waals surface area contributed by atoms with E-state index in [2.05, 4.69) is 9.97 Å². The maximum atomic E-state index is 10.8. The maximum absolute atomic E-state index is 10.8. The van der Waals surface area contributed by atoms with E-state index < -0.39 is 4.92 Å². The van der Waals surface area contributed by atoms with Gasteiger partial charge in [0.25, 0.3) is 5.69 Å². The molecule has 1 heterocycles. The first-order chi connectivity index (χ1) is 9.90. The lowest BCUT2D eigenvalue weighted by Crippen LogP contribution is -2.00. The predicted octanol–water partition coefficient (Wildman–Crippen LogP) is 4.61. The highest BCUT2D eigenvalue weighted by molar-refractivity contribution is 6.32. The average molecular weight is 328 g/mol. The highest BCUT2D eigenvalue weighted by atomic mass is 35.5. The van der Waals surface area contributed by atoms with Gasteiger partial charge in [0.2, 0.25) is 5.88 Å². The molecule has 6 nitrogen and oxygen atoms in total. The SMILES string of the molecule is CC(C)c1c(Cl)ncnc1Oc1cc([N+](=O)[O-])ccc1Cl. The van der Waals surface area contributed by atoms with Crippen molar-refractivity contribution in [3.05, 3.63) is 50.4 Å². The summed E-state index contributed by atoms with van der Waals surface area (Å²) in [6, 6.07) is 3.93. The van der Waals surface area contributed by atoms with Crippen molar-refractivity contribution in [3.63, 3.8) is 0 Å². The average Bonchev–Trinajstić information content (AvgIpc) is 2.40. The van der Waals surface area contributed by atoms with Gasteiger partial charge in [-0.25, -0.2) is 9.97 Å². The minimum atomic E-state index is -0.528. The molecule has 8 heteroatoms. The third-order valence-corrected chi connectivity index (χ3v) is 3.32. The molecule has 1 aromatic carbocycles. The number of hydrogen-bond acceptors (Lipinski definition) is 5. The molecule has 0 amide bonds. The van der Waals surface area contributed by atoms with Crippen molar-refractivity contribution >= 4 is 28.9 Å². The molecule has 21 heavy (non-hydrogen) atoms. The Kier molecular flexibility index (Phi) is 4.59. The van der Waals surface area contributed by atoms with Crippen molar-refractivity contribution in [3.8, 4) is 11.6 Å². The van der Waals surface area contributed by atoms with Gasteiger partial charge >= 0.3 is 0 Å². The monoisotopic (exact) mass is 327 g/mol. The van der Waals surface area contributed by atoms with Crippen molar-refractivity contribution in [1.82, 2.24) is 9.97 Å². The number of rotatable bonds is 4. The number of hydrogen-bond donors (Lipinski definition) is 0. The van der Waals surface area contributed by atoms with Crippen LogP contribution in [0.4, 0.5) is 5.69 Å². The topological polar surface area (TPSA) is 78.2 Å². The van der Waals surface area contributed by atoms with Gasteiger partial charge in [-0.1, -0.05) is 37.0 Å². The second kappa shape index (κ2) is 6.24. The normalized spacial score (nSPS) is 10.7. The van der Waals surface area contributed by atoms with Crippen LogP contribution in [0.25, 0.3) is 0 Å². The molecule has 0 atom stereocenters. The van der Waals surface area contributed by atoms with E-state index in [0.717, 1.165) is 0 Å². The number of ether oxygens (including phenoxy) is 1. The molecule has 2 aromatic rings. The lowest BCUT2D eigenvalue weighted by atomic mass is 10.1.